The minimum atomic E-state index is -0.453. The summed E-state index contributed by atoms with van der Waals surface area (Å²) in [6.07, 6.45) is 3.68. The number of hydrogen-bond donors (Lipinski definition) is 1. The molecule has 1 aromatic heterocycles. The largest absolute Gasteiger partial charge is 0.466 e. The summed E-state index contributed by atoms with van der Waals surface area (Å²) >= 11 is 0. The van der Waals surface area contributed by atoms with E-state index in [4.69, 9.17) is 4.42 Å². The highest BCUT2D eigenvalue weighted by Gasteiger charge is 2.63. The van der Waals surface area contributed by atoms with Crippen LogP contribution in [0.15, 0.2) is 16.7 Å². The van der Waals surface area contributed by atoms with Crippen LogP contribution in [0, 0.1) is 16.7 Å². The number of fused-ring (bicyclic) bond motifs is 2. The van der Waals surface area contributed by atoms with Crippen molar-refractivity contribution < 1.29 is 9.52 Å². The van der Waals surface area contributed by atoms with E-state index in [-0.39, 0.29) is 10.8 Å². The minimum Gasteiger partial charge on any atom is -0.466 e. The molecule has 2 aliphatic rings. The fraction of sp³-hybridized carbons (Fsp3) is 0.733. The molecule has 1 aromatic rings. The van der Waals surface area contributed by atoms with Gasteiger partial charge >= 0.3 is 0 Å². The quantitative estimate of drug-likeness (QED) is 0.739. The Labute approximate surface area is 103 Å². The zero-order valence-corrected chi connectivity index (χ0v) is 11.2. The molecule has 0 aromatic carbocycles. The van der Waals surface area contributed by atoms with Gasteiger partial charge in [0, 0.05) is 5.41 Å². The van der Waals surface area contributed by atoms with Gasteiger partial charge in [0.1, 0.15) is 11.9 Å². The normalized spacial score (nSPS) is 48.9. The molecule has 0 aliphatic heterocycles. The Balaban J connectivity index is 2.23. The molecule has 0 unspecified atom stereocenters. The van der Waals surface area contributed by atoms with Crippen molar-refractivity contribution in [3.8, 4) is 0 Å². The minimum absolute atomic E-state index is 0.0583. The Morgan fingerprint density at radius 3 is 2.76 bits per heavy atom. The van der Waals surface area contributed by atoms with Gasteiger partial charge in [-0.1, -0.05) is 27.7 Å². The average molecular weight is 234 g/mol. The topological polar surface area (TPSA) is 33.4 Å². The molecule has 1 heterocycles. The van der Waals surface area contributed by atoms with Crippen LogP contribution in [-0.2, 0) is 0 Å². The second kappa shape index (κ2) is 3.17. The van der Waals surface area contributed by atoms with Crippen molar-refractivity contribution in [3.63, 3.8) is 0 Å². The van der Waals surface area contributed by atoms with Crippen molar-refractivity contribution in [2.45, 2.75) is 52.6 Å². The molecule has 0 saturated heterocycles. The summed E-state index contributed by atoms with van der Waals surface area (Å²) in [6.45, 7) is 9.16. The molecular weight excluding hydrogens is 212 g/mol. The standard InChI is InChI=1S/C15H22O2/c1-9-5-7-14(3)10(2)11-6-8-17-12(11)13(16)15(9,14)4/h6,8-10,13,16H,5,7H2,1-4H3/t9-,10-,13-,14+,15+/m0/s1. The lowest BCUT2D eigenvalue weighted by molar-refractivity contribution is -0.0965. The zero-order chi connectivity index (χ0) is 12.4. The number of hydrogen-bond acceptors (Lipinski definition) is 2. The van der Waals surface area contributed by atoms with E-state index in [1.54, 1.807) is 6.26 Å². The van der Waals surface area contributed by atoms with E-state index in [1.165, 1.54) is 18.4 Å². The van der Waals surface area contributed by atoms with Crippen LogP contribution in [0.1, 0.15) is 63.9 Å². The lowest BCUT2D eigenvalue weighted by atomic mass is 9.52. The lowest BCUT2D eigenvalue weighted by Gasteiger charge is -2.53. The molecule has 0 radical (unpaired) electrons. The predicted molar refractivity (Wildman–Crippen MR) is 66.7 cm³/mol. The second-order valence-corrected chi connectivity index (χ2v) is 6.50. The van der Waals surface area contributed by atoms with Gasteiger partial charge in [-0.3, -0.25) is 0 Å². The zero-order valence-electron chi connectivity index (χ0n) is 11.2. The smallest absolute Gasteiger partial charge is 0.136 e. The molecule has 1 N–H and O–H groups in total. The van der Waals surface area contributed by atoms with Crippen molar-refractivity contribution in [1.29, 1.82) is 0 Å². The van der Waals surface area contributed by atoms with Crippen LogP contribution in [0.25, 0.3) is 0 Å². The van der Waals surface area contributed by atoms with Crippen molar-refractivity contribution >= 4 is 0 Å². The highest BCUT2D eigenvalue weighted by molar-refractivity contribution is 5.34. The SMILES string of the molecule is C[C@H]1CC[C@]2(C)[C@@H](C)c3ccoc3[C@H](O)[C@@]12C. The first-order valence-electron chi connectivity index (χ1n) is 6.68. The maximum atomic E-state index is 10.7. The van der Waals surface area contributed by atoms with E-state index in [0.29, 0.717) is 11.8 Å². The van der Waals surface area contributed by atoms with Gasteiger partial charge in [0.05, 0.1) is 6.26 Å². The summed E-state index contributed by atoms with van der Waals surface area (Å²) < 4.78 is 5.56. The van der Waals surface area contributed by atoms with E-state index >= 15 is 0 Å². The van der Waals surface area contributed by atoms with Crippen LogP contribution in [0.3, 0.4) is 0 Å². The highest BCUT2D eigenvalue weighted by Crippen LogP contribution is 2.69. The molecule has 1 fully saturated rings. The molecule has 3 rings (SSSR count). The molecule has 17 heavy (non-hydrogen) atoms. The van der Waals surface area contributed by atoms with Gasteiger partial charge < -0.3 is 9.52 Å². The van der Waals surface area contributed by atoms with E-state index in [1.807, 2.05) is 6.07 Å². The molecule has 1 saturated carbocycles. The van der Waals surface area contributed by atoms with Crippen molar-refractivity contribution in [3.05, 3.63) is 23.7 Å². The molecule has 5 atom stereocenters. The third-order valence-electron chi connectivity index (χ3n) is 6.32. The molecular formula is C15H22O2. The Morgan fingerprint density at radius 1 is 1.35 bits per heavy atom. The summed E-state index contributed by atoms with van der Waals surface area (Å²) in [5.41, 5.74) is 1.34. The van der Waals surface area contributed by atoms with E-state index in [0.717, 1.165) is 5.76 Å². The summed E-state index contributed by atoms with van der Waals surface area (Å²) in [4.78, 5) is 0. The summed E-state index contributed by atoms with van der Waals surface area (Å²) in [7, 11) is 0. The first kappa shape index (κ1) is 11.3. The Hall–Kier alpha value is -0.760. The number of furan rings is 1. The maximum absolute atomic E-state index is 10.7. The van der Waals surface area contributed by atoms with Crippen LogP contribution >= 0.6 is 0 Å². The van der Waals surface area contributed by atoms with Gasteiger partial charge in [-0.25, -0.2) is 0 Å². The molecule has 0 spiro atoms. The maximum Gasteiger partial charge on any atom is 0.136 e. The highest BCUT2D eigenvalue weighted by atomic mass is 16.4. The van der Waals surface area contributed by atoms with Crippen LogP contribution < -0.4 is 0 Å². The molecule has 2 nitrogen and oxygen atoms in total. The molecule has 94 valence electrons. The number of aliphatic hydroxyl groups excluding tert-OH is 1. The van der Waals surface area contributed by atoms with Crippen molar-refractivity contribution in [2.24, 2.45) is 16.7 Å². The van der Waals surface area contributed by atoms with Gasteiger partial charge in [-0.05, 0) is 41.7 Å². The van der Waals surface area contributed by atoms with Crippen molar-refractivity contribution in [1.82, 2.24) is 0 Å². The van der Waals surface area contributed by atoms with E-state index in [2.05, 4.69) is 27.7 Å². The number of rotatable bonds is 0. The first-order valence-corrected chi connectivity index (χ1v) is 6.68. The van der Waals surface area contributed by atoms with Crippen LogP contribution in [-0.4, -0.2) is 5.11 Å². The van der Waals surface area contributed by atoms with Crippen LogP contribution in [0.2, 0.25) is 0 Å². The fourth-order valence-corrected chi connectivity index (χ4v) is 4.44. The summed E-state index contributed by atoms with van der Waals surface area (Å²) in [5, 5.41) is 10.7. The van der Waals surface area contributed by atoms with Crippen LogP contribution in [0.5, 0.6) is 0 Å². The predicted octanol–water partition coefficient (Wildman–Crippen LogP) is 3.87. The van der Waals surface area contributed by atoms with Gasteiger partial charge in [0.2, 0.25) is 0 Å². The third-order valence-corrected chi connectivity index (χ3v) is 6.32. The van der Waals surface area contributed by atoms with Gasteiger partial charge in [0.25, 0.3) is 0 Å². The number of aliphatic hydroxyl groups is 1. The fourth-order valence-electron chi connectivity index (χ4n) is 4.44. The Bertz CT molecular complexity index is 450. The van der Waals surface area contributed by atoms with Crippen molar-refractivity contribution in [2.75, 3.05) is 0 Å². The molecule has 2 heteroatoms. The second-order valence-electron chi connectivity index (χ2n) is 6.50. The van der Waals surface area contributed by atoms with Gasteiger partial charge in [0.15, 0.2) is 0 Å². The Kier molecular flexibility index (Phi) is 2.11. The third kappa shape index (κ3) is 1.06. The van der Waals surface area contributed by atoms with Crippen LogP contribution in [0.4, 0.5) is 0 Å². The van der Waals surface area contributed by atoms with E-state index < -0.39 is 6.10 Å². The molecule has 0 bridgehead atoms. The first-order chi connectivity index (χ1) is 7.93. The monoisotopic (exact) mass is 234 g/mol. The van der Waals surface area contributed by atoms with Gasteiger partial charge in [-0.15, -0.1) is 0 Å². The summed E-state index contributed by atoms with van der Waals surface area (Å²) in [6, 6.07) is 2.04. The van der Waals surface area contributed by atoms with E-state index in [9.17, 15) is 5.11 Å². The lowest BCUT2D eigenvalue weighted by Crippen LogP contribution is -2.47. The Morgan fingerprint density at radius 2 is 2.06 bits per heavy atom. The molecule has 0 amide bonds. The summed E-state index contributed by atoms with van der Waals surface area (Å²) in [5.74, 6) is 1.82. The molecule has 2 aliphatic carbocycles. The average Bonchev–Trinajstić information content (AvgIpc) is 2.87. The van der Waals surface area contributed by atoms with Gasteiger partial charge in [-0.2, -0.15) is 0 Å².